The molecular formula is C24H37NO5. The van der Waals surface area contributed by atoms with E-state index in [0.717, 1.165) is 19.3 Å². The van der Waals surface area contributed by atoms with Gasteiger partial charge in [-0.2, -0.15) is 0 Å². The van der Waals surface area contributed by atoms with Crippen LogP contribution in [0.2, 0.25) is 0 Å². The third-order valence-corrected chi connectivity index (χ3v) is 6.41. The number of carbonyl (C=O) groups excluding carboxylic acids is 1. The number of fused-ring (bicyclic) bond motifs is 1. The van der Waals surface area contributed by atoms with E-state index in [2.05, 4.69) is 17.4 Å². The molecule has 0 aliphatic heterocycles. The maximum absolute atomic E-state index is 12.4. The van der Waals surface area contributed by atoms with Gasteiger partial charge >= 0.3 is 6.09 Å². The normalized spacial score (nSPS) is 31.2. The van der Waals surface area contributed by atoms with Crippen LogP contribution in [0, 0.1) is 17.8 Å². The van der Waals surface area contributed by atoms with Gasteiger partial charge in [0.1, 0.15) is 5.60 Å². The summed E-state index contributed by atoms with van der Waals surface area (Å²) in [6.07, 6.45) is 2.55. The van der Waals surface area contributed by atoms with Crippen molar-refractivity contribution in [2.75, 3.05) is 20.8 Å². The molecule has 1 aromatic rings. The molecule has 0 unspecified atom stereocenters. The first-order valence-corrected chi connectivity index (χ1v) is 11.0. The Morgan fingerprint density at radius 2 is 1.70 bits per heavy atom. The van der Waals surface area contributed by atoms with E-state index in [4.69, 9.17) is 18.9 Å². The van der Waals surface area contributed by atoms with Crippen molar-refractivity contribution in [2.24, 2.45) is 17.8 Å². The molecule has 0 aromatic heterocycles. The smallest absolute Gasteiger partial charge is 0.407 e. The number of carbonyl (C=O) groups is 1. The number of methoxy groups -OCH3 is 2. The van der Waals surface area contributed by atoms with Crippen molar-refractivity contribution >= 4 is 6.09 Å². The number of nitrogens with one attached hydrogen (secondary N) is 1. The van der Waals surface area contributed by atoms with Gasteiger partial charge in [0, 0.05) is 20.1 Å². The molecule has 0 saturated heterocycles. The molecule has 0 bridgehead atoms. The van der Waals surface area contributed by atoms with Crippen LogP contribution in [0.5, 0.6) is 0 Å². The number of rotatable bonds is 7. The summed E-state index contributed by atoms with van der Waals surface area (Å²) in [6.45, 7) is 6.88. The van der Waals surface area contributed by atoms with Crippen molar-refractivity contribution in [3.8, 4) is 0 Å². The third kappa shape index (κ3) is 5.96. The molecule has 2 saturated carbocycles. The average molecular weight is 420 g/mol. The first-order chi connectivity index (χ1) is 14.3. The summed E-state index contributed by atoms with van der Waals surface area (Å²) in [7, 11) is 3.51. The van der Waals surface area contributed by atoms with Crippen LogP contribution in [0.15, 0.2) is 30.3 Å². The summed E-state index contributed by atoms with van der Waals surface area (Å²) >= 11 is 0. The molecule has 6 atom stereocenters. The lowest BCUT2D eigenvalue weighted by molar-refractivity contribution is -0.0259. The fourth-order valence-electron chi connectivity index (χ4n) is 5.08. The zero-order valence-corrected chi connectivity index (χ0v) is 18.9. The van der Waals surface area contributed by atoms with Crippen LogP contribution in [0.1, 0.15) is 45.6 Å². The summed E-state index contributed by atoms with van der Waals surface area (Å²) < 4.78 is 23.1. The van der Waals surface area contributed by atoms with Crippen LogP contribution in [0.25, 0.3) is 0 Å². The molecule has 1 aromatic carbocycles. The Bertz CT molecular complexity index is 674. The summed E-state index contributed by atoms with van der Waals surface area (Å²) in [5, 5.41) is 3.06. The highest BCUT2D eigenvalue weighted by atomic mass is 16.6. The number of hydrogen-bond donors (Lipinski definition) is 1. The zero-order chi connectivity index (χ0) is 21.7. The Morgan fingerprint density at radius 1 is 1.03 bits per heavy atom. The molecule has 1 N–H and O–H groups in total. The van der Waals surface area contributed by atoms with Crippen LogP contribution in [0.4, 0.5) is 4.79 Å². The maximum atomic E-state index is 12.4. The molecule has 2 aliphatic carbocycles. The molecule has 6 nitrogen and oxygen atoms in total. The second-order valence-electron chi connectivity index (χ2n) is 9.60. The van der Waals surface area contributed by atoms with E-state index in [1.54, 1.807) is 14.2 Å². The summed E-state index contributed by atoms with van der Waals surface area (Å²) in [5.74, 6) is 1.25. The standard InChI is InChI=1S/C24H37NO5/c1-24(2,3)30-23(26)25-20-13-18-17(12-22(20)28-5)11-21(27-4)19(18)15-29-14-16-9-7-6-8-10-16/h6-10,17-22H,11-15H2,1-5H3,(H,25,26)/t17-,18-,19+,20+,21+,22+/m1/s1. The fraction of sp³-hybridized carbons (Fsp3) is 0.708. The lowest BCUT2D eigenvalue weighted by atomic mass is 9.74. The summed E-state index contributed by atoms with van der Waals surface area (Å²) in [6, 6.07) is 10.2. The molecule has 30 heavy (non-hydrogen) atoms. The van der Waals surface area contributed by atoms with E-state index in [0.29, 0.717) is 31.0 Å². The molecule has 0 radical (unpaired) electrons. The molecule has 2 fully saturated rings. The van der Waals surface area contributed by atoms with Gasteiger partial charge in [0.15, 0.2) is 0 Å². The molecule has 6 heteroatoms. The van der Waals surface area contributed by atoms with Crippen LogP contribution in [0.3, 0.4) is 0 Å². The Kier molecular flexibility index (Phi) is 7.77. The lowest BCUT2D eigenvalue weighted by Gasteiger charge is -2.40. The quantitative estimate of drug-likeness (QED) is 0.718. The number of amides is 1. The van der Waals surface area contributed by atoms with Gasteiger partial charge < -0.3 is 24.3 Å². The van der Waals surface area contributed by atoms with Crippen molar-refractivity contribution in [3.63, 3.8) is 0 Å². The Hall–Kier alpha value is -1.63. The van der Waals surface area contributed by atoms with E-state index in [9.17, 15) is 4.79 Å². The van der Waals surface area contributed by atoms with Crippen LogP contribution < -0.4 is 5.32 Å². The predicted octanol–water partition coefficient (Wildman–Crippen LogP) is 4.17. The van der Waals surface area contributed by atoms with Crippen LogP contribution in [-0.4, -0.2) is 50.8 Å². The van der Waals surface area contributed by atoms with Crippen LogP contribution >= 0.6 is 0 Å². The minimum atomic E-state index is -0.522. The van der Waals surface area contributed by atoms with Crippen molar-refractivity contribution in [2.45, 2.75) is 70.5 Å². The van der Waals surface area contributed by atoms with Gasteiger partial charge in [-0.05, 0) is 57.4 Å². The van der Waals surface area contributed by atoms with Gasteiger partial charge in [0.05, 0.1) is 31.5 Å². The third-order valence-electron chi connectivity index (χ3n) is 6.41. The monoisotopic (exact) mass is 419 g/mol. The summed E-state index contributed by atoms with van der Waals surface area (Å²) in [4.78, 5) is 12.4. The van der Waals surface area contributed by atoms with Crippen molar-refractivity contribution in [1.82, 2.24) is 5.32 Å². The predicted molar refractivity (Wildman–Crippen MR) is 115 cm³/mol. The molecule has 1 amide bonds. The SMILES string of the molecule is CO[C@H]1C[C@@H]2C[C@H](OC)[C@@H](NC(=O)OC(C)(C)C)C[C@H]2[C@@H]1COCc1ccccc1. The number of hydrogen-bond acceptors (Lipinski definition) is 5. The van der Waals surface area contributed by atoms with E-state index in [-0.39, 0.29) is 24.3 Å². The van der Waals surface area contributed by atoms with Gasteiger partial charge in [0.25, 0.3) is 0 Å². The number of benzene rings is 1. The van der Waals surface area contributed by atoms with Gasteiger partial charge in [-0.25, -0.2) is 4.79 Å². The molecule has 2 aliphatic rings. The first-order valence-electron chi connectivity index (χ1n) is 11.0. The first kappa shape index (κ1) is 23.0. The topological polar surface area (TPSA) is 66.0 Å². The minimum absolute atomic E-state index is 0.0136. The average Bonchev–Trinajstić information content (AvgIpc) is 3.03. The van der Waals surface area contributed by atoms with Crippen LogP contribution in [-0.2, 0) is 25.6 Å². The summed E-state index contributed by atoms with van der Waals surface area (Å²) in [5.41, 5.74) is 0.653. The maximum Gasteiger partial charge on any atom is 0.407 e. The Morgan fingerprint density at radius 3 is 2.33 bits per heavy atom. The largest absolute Gasteiger partial charge is 0.444 e. The van der Waals surface area contributed by atoms with E-state index in [1.165, 1.54) is 5.56 Å². The van der Waals surface area contributed by atoms with Gasteiger partial charge in [-0.1, -0.05) is 30.3 Å². The van der Waals surface area contributed by atoms with E-state index in [1.807, 2.05) is 39.0 Å². The van der Waals surface area contributed by atoms with Gasteiger partial charge in [-0.3, -0.25) is 0 Å². The number of alkyl carbamates (subject to hydrolysis) is 1. The zero-order valence-electron chi connectivity index (χ0n) is 18.9. The Balaban J connectivity index is 1.63. The van der Waals surface area contributed by atoms with Crippen molar-refractivity contribution in [1.29, 1.82) is 0 Å². The molecule has 3 rings (SSSR count). The van der Waals surface area contributed by atoms with E-state index >= 15 is 0 Å². The van der Waals surface area contributed by atoms with Gasteiger partial charge in [0.2, 0.25) is 0 Å². The van der Waals surface area contributed by atoms with Crippen molar-refractivity contribution < 1.29 is 23.7 Å². The molecular weight excluding hydrogens is 382 g/mol. The van der Waals surface area contributed by atoms with Crippen molar-refractivity contribution in [3.05, 3.63) is 35.9 Å². The number of ether oxygens (including phenoxy) is 4. The molecule has 168 valence electrons. The Labute approximate surface area is 180 Å². The van der Waals surface area contributed by atoms with Gasteiger partial charge in [-0.15, -0.1) is 0 Å². The highest BCUT2D eigenvalue weighted by molar-refractivity contribution is 5.68. The highest BCUT2D eigenvalue weighted by Crippen LogP contribution is 2.47. The highest BCUT2D eigenvalue weighted by Gasteiger charge is 2.49. The minimum Gasteiger partial charge on any atom is -0.444 e. The molecule has 0 spiro atoms. The second-order valence-corrected chi connectivity index (χ2v) is 9.60. The fourth-order valence-corrected chi connectivity index (χ4v) is 5.08. The second kappa shape index (κ2) is 10.1. The van der Waals surface area contributed by atoms with E-state index < -0.39 is 5.60 Å². The molecule has 0 heterocycles. The lowest BCUT2D eigenvalue weighted by Crippen LogP contribution is -2.51.